The molecular weight excluding hydrogens is 1040 g/mol. The summed E-state index contributed by atoms with van der Waals surface area (Å²) >= 11 is 1.59. The van der Waals surface area contributed by atoms with Gasteiger partial charge in [-0.1, -0.05) is 62.4 Å². The molecule has 4 atom stereocenters. The number of hydrogen-bond donors (Lipinski definition) is 4. The Morgan fingerprint density at radius 3 is 2.32 bits per heavy atom. The lowest BCUT2D eigenvalue weighted by Gasteiger charge is -2.35. The Hall–Kier alpha value is -7.05. The summed E-state index contributed by atoms with van der Waals surface area (Å²) in [6.45, 7) is 15.7. The van der Waals surface area contributed by atoms with Gasteiger partial charge in [-0.05, 0) is 72.7 Å². The number of aliphatic hydroxyl groups is 1. The average Bonchev–Trinajstić information content (AvgIpc) is 4.26. The number of rotatable bonds is 28. The van der Waals surface area contributed by atoms with Crippen LogP contribution in [0.3, 0.4) is 0 Å². The number of carbonyl (C=O) groups excluding carboxylic acids is 2. The van der Waals surface area contributed by atoms with Crippen molar-refractivity contribution >= 4 is 39.8 Å². The average molecular weight is 1110 g/mol. The third-order valence-corrected chi connectivity index (χ3v) is 14.4. The monoisotopic (exact) mass is 1100 g/mol. The quantitative estimate of drug-likeness (QED) is 0.0286. The standard InChI is InChI=1S/C57H69FN10O10S/c1-36-45-16-15-44(77-56-60-17-8-18-61-56)31-49(45)78-55(72)46(36)29-41-9-7-10-47(50(41)58)62-32-42-33-67(66-65-42)20-22-74-24-26-76-28-27-75-25-23-73-21-19-59-52(57(4,5)6)54(71)68-34-43(69)30-48(68)53(70)64-37(2)39-11-13-40(14-12-39)51-38(3)63-35-79-51/h7-18,31,33,35,37,43,48,52,59,62,69H,19-30,32,34H2,1-6H3,(H,64,70)/t37-,43+,48-,52+/m0/s1. The van der Waals surface area contributed by atoms with E-state index in [9.17, 15) is 19.5 Å². The summed E-state index contributed by atoms with van der Waals surface area (Å²) in [5, 5.41) is 29.2. The van der Waals surface area contributed by atoms with Crippen molar-refractivity contribution in [2.24, 2.45) is 5.41 Å². The zero-order valence-corrected chi connectivity index (χ0v) is 46.2. The Bertz CT molecular complexity index is 3170. The summed E-state index contributed by atoms with van der Waals surface area (Å²) < 4.78 is 51.6. The number of likely N-dealkylation sites (tertiary alicyclic amines) is 1. The number of anilines is 1. The van der Waals surface area contributed by atoms with Gasteiger partial charge in [-0.15, -0.1) is 16.4 Å². The number of nitrogens with zero attached hydrogens (tertiary/aromatic N) is 7. The van der Waals surface area contributed by atoms with Gasteiger partial charge >= 0.3 is 11.6 Å². The van der Waals surface area contributed by atoms with Gasteiger partial charge in [0.15, 0.2) is 0 Å². The number of aliphatic hydroxyl groups excluding tert-OH is 1. The number of nitrogens with one attached hydrogen (secondary N) is 3. The smallest absolute Gasteiger partial charge is 0.340 e. The zero-order valence-electron chi connectivity index (χ0n) is 45.4. The molecule has 0 spiro atoms. The molecule has 4 aromatic heterocycles. The molecule has 420 valence electrons. The van der Waals surface area contributed by atoms with Crippen LogP contribution >= 0.6 is 11.3 Å². The van der Waals surface area contributed by atoms with Gasteiger partial charge in [0.2, 0.25) is 11.8 Å². The molecule has 3 aromatic carbocycles. The molecule has 0 radical (unpaired) electrons. The first-order valence-electron chi connectivity index (χ1n) is 26.4. The van der Waals surface area contributed by atoms with Crippen molar-refractivity contribution < 1.29 is 47.2 Å². The molecule has 1 fully saturated rings. The molecule has 5 heterocycles. The maximum atomic E-state index is 15.8. The van der Waals surface area contributed by atoms with Crippen molar-refractivity contribution in [2.75, 3.05) is 71.3 Å². The van der Waals surface area contributed by atoms with Gasteiger partial charge in [-0.3, -0.25) is 9.59 Å². The molecule has 79 heavy (non-hydrogen) atoms. The van der Waals surface area contributed by atoms with E-state index in [0.29, 0.717) is 105 Å². The Morgan fingerprint density at radius 1 is 0.911 bits per heavy atom. The van der Waals surface area contributed by atoms with E-state index in [1.807, 2.05) is 71.3 Å². The van der Waals surface area contributed by atoms with E-state index in [-0.39, 0.29) is 55.5 Å². The van der Waals surface area contributed by atoms with Crippen molar-refractivity contribution in [3.63, 3.8) is 0 Å². The van der Waals surface area contributed by atoms with E-state index < -0.39 is 35.0 Å². The molecule has 0 bridgehead atoms. The second kappa shape index (κ2) is 27.7. The fourth-order valence-corrected chi connectivity index (χ4v) is 9.98. The fraction of sp³-hybridized carbons (Fsp3) is 0.439. The highest BCUT2D eigenvalue weighted by Crippen LogP contribution is 2.31. The zero-order chi connectivity index (χ0) is 55.9. The minimum atomic E-state index is -0.804. The Labute approximate surface area is 462 Å². The van der Waals surface area contributed by atoms with E-state index in [0.717, 1.165) is 21.7 Å². The highest BCUT2D eigenvalue weighted by atomic mass is 32.1. The predicted molar refractivity (Wildman–Crippen MR) is 295 cm³/mol. The second-order valence-corrected chi connectivity index (χ2v) is 21.1. The van der Waals surface area contributed by atoms with Crippen LogP contribution in [0.25, 0.3) is 21.4 Å². The molecule has 0 aliphatic carbocycles. The van der Waals surface area contributed by atoms with E-state index in [4.69, 9.17) is 28.1 Å². The molecule has 0 unspecified atom stereocenters. The van der Waals surface area contributed by atoms with Gasteiger partial charge < -0.3 is 54.1 Å². The highest BCUT2D eigenvalue weighted by Gasteiger charge is 2.44. The number of ether oxygens (including phenoxy) is 5. The van der Waals surface area contributed by atoms with Gasteiger partial charge in [-0.25, -0.2) is 28.8 Å². The van der Waals surface area contributed by atoms with Crippen LogP contribution in [0, 0.1) is 25.1 Å². The third-order valence-electron chi connectivity index (χ3n) is 13.4. The maximum Gasteiger partial charge on any atom is 0.340 e. The predicted octanol–water partition coefficient (Wildman–Crippen LogP) is 6.96. The van der Waals surface area contributed by atoms with E-state index in [2.05, 4.69) is 41.2 Å². The first-order valence-corrected chi connectivity index (χ1v) is 27.3. The lowest BCUT2D eigenvalue weighted by molar-refractivity contribution is -0.142. The summed E-state index contributed by atoms with van der Waals surface area (Å²) in [6.07, 6.45) is 4.28. The number of thiazole rings is 1. The molecule has 1 aliphatic rings. The third kappa shape index (κ3) is 15.8. The number of amides is 2. The van der Waals surface area contributed by atoms with Gasteiger partial charge in [0.1, 0.15) is 28.9 Å². The van der Waals surface area contributed by atoms with Crippen molar-refractivity contribution in [3.8, 4) is 22.2 Å². The van der Waals surface area contributed by atoms with E-state index in [1.165, 1.54) is 4.90 Å². The van der Waals surface area contributed by atoms with Crippen LogP contribution < -0.4 is 26.3 Å². The lowest BCUT2D eigenvalue weighted by Crippen LogP contribution is -2.57. The SMILES string of the molecule is Cc1ncsc1-c1ccc([C@H](C)NC(=O)[C@@H]2C[C@@H](O)CN2C(=O)[C@@H](NCCOCCOCCOCCOCCn2cc(CNc3cccc(Cc4c(C)c5ccc(Oc6ncccn6)cc5oc4=O)c3F)nn2)C(C)(C)C)cc1. The van der Waals surface area contributed by atoms with Crippen LogP contribution in [-0.4, -0.2) is 136 Å². The first-order chi connectivity index (χ1) is 38.1. The van der Waals surface area contributed by atoms with Gasteiger partial charge in [-0.2, -0.15) is 0 Å². The summed E-state index contributed by atoms with van der Waals surface area (Å²) in [4.78, 5) is 55.9. The minimum absolute atomic E-state index is 0.0332. The number of aryl methyl sites for hydroxylation is 2. The number of carbonyl (C=O) groups is 2. The molecule has 20 nitrogen and oxygen atoms in total. The van der Waals surface area contributed by atoms with E-state index in [1.54, 1.807) is 77.1 Å². The Balaban J connectivity index is 0.664. The van der Waals surface area contributed by atoms with Crippen LogP contribution in [0.2, 0.25) is 0 Å². The Kier molecular flexibility index (Phi) is 20.4. The van der Waals surface area contributed by atoms with Gasteiger partial charge in [0, 0.05) is 55.3 Å². The molecule has 8 rings (SSSR count). The summed E-state index contributed by atoms with van der Waals surface area (Å²) in [5.74, 6) is -0.609. The van der Waals surface area contributed by atoms with E-state index >= 15 is 4.39 Å². The van der Waals surface area contributed by atoms with Crippen LogP contribution in [0.1, 0.15) is 73.8 Å². The largest absolute Gasteiger partial charge is 0.424 e. The number of β-amino-alcohol motifs (C(OH)–C–C–N with tert-alkyl or cyclic N) is 1. The number of benzene rings is 3. The molecule has 4 N–H and O–H groups in total. The first kappa shape index (κ1) is 58.1. The molecular formula is C57H69FN10O10S. The molecule has 1 saturated heterocycles. The summed E-state index contributed by atoms with van der Waals surface area (Å²) in [5.41, 5.74) is 6.32. The van der Waals surface area contributed by atoms with Crippen molar-refractivity contribution in [3.05, 3.63) is 141 Å². The molecule has 1 aliphatic heterocycles. The molecule has 22 heteroatoms. The topological polar surface area (TPSA) is 239 Å². The van der Waals surface area contributed by atoms with Crippen LogP contribution in [-0.2, 0) is 48.0 Å². The Morgan fingerprint density at radius 2 is 1.62 bits per heavy atom. The second-order valence-electron chi connectivity index (χ2n) is 20.3. The van der Waals surface area contributed by atoms with Crippen molar-refractivity contribution in [2.45, 2.75) is 91.7 Å². The van der Waals surface area contributed by atoms with Gasteiger partial charge in [0.25, 0.3) is 0 Å². The van der Waals surface area contributed by atoms with Crippen molar-refractivity contribution in [1.82, 2.24) is 45.5 Å². The molecule has 2 amide bonds. The van der Waals surface area contributed by atoms with Crippen LogP contribution in [0.5, 0.6) is 11.8 Å². The number of halogens is 1. The summed E-state index contributed by atoms with van der Waals surface area (Å²) in [7, 11) is 0. The summed E-state index contributed by atoms with van der Waals surface area (Å²) in [6, 6.07) is 18.3. The van der Waals surface area contributed by atoms with Crippen LogP contribution in [0.15, 0.2) is 100 Å². The number of fused-ring (bicyclic) bond motifs is 1. The lowest BCUT2D eigenvalue weighted by atomic mass is 9.85. The highest BCUT2D eigenvalue weighted by molar-refractivity contribution is 7.13. The van der Waals surface area contributed by atoms with Gasteiger partial charge in [0.05, 0.1) is 112 Å². The normalized spacial score (nSPS) is 15.4. The minimum Gasteiger partial charge on any atom is -0.424 e. The number of aromatic nitrogens is 6. The van der Waals surface area contributed by atoms with Crippen LogP contribution in [0.4, 0.5) is 10.1 Å². The number of hydrogen-bond acceptors (Lipinski definition) is 18. The fourth-order valence-electron chi connectivity index (χ4n) is 9.17. The van der Waals surface area contributed by atoms with Crippen molar-refractivity contribution in [1.29, 1.82) is 0 Å². The maximum absolute atomic E-state index is 15.8. The molecule has 7 aromatic rings. The molecule has 0 saturated carbocycles.